The van der Waals surface area contributed by atoms with Gasteiger partial charge in [0.2, 0.25) is 0 Å². The Bertz CT molecular complexity index is 289. The summed E-state index contributed by atoms with van der Waals surface area (Å²) >= 11 is 0. The van der Waals surface area contributed by atoms with Crippen LogP contribution in [0.5, 0.6) is 0 Å². The Morgan fingerprint density at radius 3 is 2.08 bits per heavy atom. The quantitative estimate of drug-likeness (QED) is 0.306. The van der Waals surface area contributed by atoms with Crippen LogP contribution in [-0.4, -0.2) is 0 Å². The third-order valence-corrected chi connectivity index (χ3v) is 1.55. The molecule has 0 spiro atoms. The molecule has 0 radical (unpaired) electrons. The minimum absolute atomic E-state index is 0. The summed E-state index contributed by atoms with van der Waals surface area (Å²) in [6.45, 7) is 0. The minimum Gasteiger partial charge on any atom is -1.00 e. The molecule has 4 heteroatoms. The third kappa shape index (κ3) is 3.70. The summed E-state index contributed by atoms with van der Waals surface area (Å²) in [5, 5.41) is 2.66. The molecule has 2 rings (SSSR count). The fraction of sp³-hybridized carbons (Fsp3) is 0. The van der Waals surface area contributed by atoms with E-state index in [1.165, 1.54) is 10.8 Å². The van der Waals surface area contributed by atoms with Gasteiger partial charge in [-0.05, 0) is 0 Å². The zero-order valence-corrected chi connectivity index (χ0v) is 8.24. The molecule has 0 N–H and O–H groups in total. The maximum Gasteiger partial charge on any atom is 4.00 e. The van der Waals surface area contributed by atoms with E-state index in [9.17, 15) is 0 Å². The zero-order chi connectivity index (χ0) is 6.10. The van der Waals surface area contributed by atoms with Crippen LogP contribution in [0.4, 0.5) is 0 Å². The molecule has 0 fully saturated rings. The number of hydrogen-bond donors (Lipinski definition) is 0. The molecule has 0 nitrogen and oxygen atoms in total. The maximum absolute atomic E-state index is 2.12. The van der Waals surface area contributed by atoms with E-state index in [-0.39, 0.29) is 35.8 Å². The van der Waals surface area contributed by atoms with Gasteiger partial charge in [0.05, 0.1) is 0 Å². The molecule has 0 heterocycles. The Kier molecular flexibility index (Phi) is 11.1. The summed E-state index contributed by atoms with van der Waals surface area (Å²) in [5.74, 6) is 0. The third-order valence-electron chi connectivity index (χ3n) is 1.55. The predicted octanol–water partition coefficient (Wildman–Crippen LogP) is -6.43. The molecule has 0 aliphatic carbocycles. The van der Waals surface area contributed by atoms with Crippen molar-refractivity contribution in [2.45, 2.75) is 0 Å². The molecule has 0 amide bonds. The smallest absolute Gasteiger partial charge is 1.00 e. The second-order valence-electron chi connectivity index (χ2n) is 2.15. The number of rotatable bonds is 0. The Labute approximate surface area is 89.3 Å². The van der Waals surface area contributed by atoms with Gasteiger partial charge >= 0.3 is 21.7 Å². The van der Waals surface area contributed by atoms with Gasteiger partial charge in [0.15, 0.2) is 0 Å². The van der Waals surface area contributed by atoms with Crippen LogP contribution in [0.15, 0.2) is 42.5 Å². The van der Waals surface area contributed by atoms with E-state index >= 15 is 0 Å². The van der Waals surface area contributed by atoms with E-state index in [1.807, 2.05) is 0 Å². The van der Waals surface area contributed by atoms with Gasteiger partial charge in [-0.25, -0.2) is 0 Å². The second-order valence-corrected chi connectivity index (χ2v) is 2.15. The van der Waals surface area contributed by atoms with Crippen molar-refractivity contribution in [1.82, 2.24) is 0 Å². The van der Waals surface area contributed by atoms with E-state index in [1.54, 1.807) is 0 Å². The van der Waals surface area contributed by atoms with Crippen LogP contribution in [0.3, 0.4) is 0 Å². The van der Waals surface area contributed by atoms with Gasteiger partial charge in [-0.1, -0.05) is 6.07 Å². The van der Waals surface area contributed by atoms with E-state index < -0.39 is 0 Å². The van der Waals surface area contributed by atoms with Gasteiger partial charge in [0, 0.05) is 0 Å². The monoisotopic (exact) mass is 220 g/mol. The predicted molar refractivity (Wildman–Crippen MR) is 39.5 cm³/mol. The second kappa shape index (κ2) is 7.96. The summed E-state index contributed by atoms with van der Waals surface area (Å²) in [7, 11) is 0. The van der Waals surface area contributed by atoms with Gasteiger partial charge in [0.1, 0.15) is 0 Å². The molecule has 13 heavy (non-hydrogen) atoms. The molecule has 0 aromatic heterocycles. The van der Waals surface area contributed by atoms with E-state index in [2.05, 4.69) is 42.5 Å². The first-order valence-corrected chi connectivity index (χ1v) is 3.07. The molecule has 0 unspecified atom stereocenters. The van der Waals surface area contributed by atoms with Gasteiger partial charge in [-0.3, -0.25) is 0 Å². The number of fused-ring (bicyclic) bond motifs is 1. The van der Waals surface area contributed by atoms with Gasteiger partial charge in [0.25, 0.3) is 0 Å². The van der Waals surface area contributed by atoms with Crippen molar-refractivity contribution in [3.8, 4) is 0 Å². The van der Waals surface area contributed by atoms with Crippen molar-refractivity contribution < 1.29 is 35.8 Å². The Morgan fingerprint density at radius 2 is 1.46 bits per heavy atom. The first kappa shape index (κ1) is 18.2. The van der Waals surface area contributed by atoms with Gasteiger partial charge in [-0.15, -0.1) is 29.7 Å². The van der Waals surface area contributed by atoms with Crippen LogP contribution in [0.1, 0.15) is 0 Å². The molecule has 0 atom stereocenters. The Hall–Kier alpha value is -0.666. The first-order valence-electron chi connectivity index (χ1n) is 3.07. The van der Waals surface area contributed by atoms with Gasteiger partial charge in [-0.2, -0.15) is 17.5 Å². The fourth-order valence-corrected chi connectivity index (χ4v) is 1.07. The molecule has 2 aromatic rings. The SMILES string of the molecule is [F-].[F-].[F-].[Ti+4].c1ccc2[cH-]ccc2c1. The molecule has 0 aliphatic rings. The largest absolute Gasteiger partial charge is 4.00 e. The number of hydrogen-bond acceptors (Lipinski definition) is 0. The zero-order valence-electron chi connectivity index (χ0n) is 6.68. The molecule has 2 aromatic carbocycles. The average molecular weight is 220 g/mol. The van der Waals surface area contributed by atoms with E-state index in [0.717, 1.165) is 0 Å². The normalized spacial score (nSPS) is 7.08. The van der Waals surface area contributed by atoms with Crippen molar-refractivity contribution in [1.29, 1.82) is 0 Å². The van der Waals surface area contributed by atoms with Crippen LogP contribution in [-0.2, 0) is 21.7 Å². The Balaban J connectivity index is -0.000000250. The van der Waals surface area contributed by atoms with E-state index in [0.29, 0.717) is 0 Å². The summed E-state index contributed by atoms with van der Waals surface area (Å²) in [4.78, 5) is 0. The molecular formula is C9H7F3Ti. The maximum atomic E-state index is 2.12. The molecular weight excluding hydrogens is 213 g/mol. The molecule has 68 valence electrons. The van der Waals surface area contributed by atoms with Crippen molar-refractivity contribution in [2.75, 3.05) is 0 Å². The van der Waals surface area contributed by atoms with Crippen molar-refractivity contribution >= 4 is 10.8 Å². The fourth-order valence-electron chi connectivity index (χ4n) is 1.07. The van der Waals surface area contributed by atoms with Crippen molar-refractivity contribution in [3.63, 3.8) is 0 Å². The van der Waals surface area contributed by atoms with Crippen LogP contribution >= 0.6 is 0 Å². The summed E-state index contributed by atoms with van der Waals surface area (Å²) in [6, 6.07) is 14.7. The summed E-state index contributed by atoms with van der Waals surface area (Å²) < 4.78 is 0. The van der Waals surface area contributed by atoms with E-state index in [4.69, 9.17) is 0 Å². The van der Waals surface area contributed by atoms with Crippen LogP contribution < -0.4 is 14.1 Å². The standard InChI is InChI=1S/C9H7.3FH.Ti/c1-2-5-9-7-3-6-8(9)4-1;;;;/h1-7H;3*1H;/q-1;;;;+4/p-3. The van der Waals surface area contributed by atoms with Crippen molar-refractivity contribution in [3.05, 3.63) is 42.5 Å². The molecule has 0 saturated heterocycles. The molecule has 0 aliphatic heterocycles. The minimum atomic E-state index is 0. The Morgan fingerprint density at radius 1 is 0.846 bits per heavy atom. The van der Waals surface area contributed by atoms with Crippen LogP contribution in [0.2, 0.25) is 0 Å². The van der Waals surface area contributed by atoms with Gasteiger partial charge < -0.3 is 14.1 Å². The number of halogens is 3. The topological polar surface area (TPSA) is 0 Å². The average Bonchev–Trinajstić information content (AvgIpc) is 2.33. The van der Waals surface area contributed by atoms with Crippen LogP contribution in [0.25, 0.3) is 10.8 Å². The van der Waals surface area contributed by atoms with Crippen molar-refractivity contribution in [2.24, 2.45) is 0 Å². The molecule has 0 saturated carbocycles. The first-order chi connectivity index (χ1) is 4.47. The van der Waals surface area contributed by atoms with Crippen LogP contribution in [0, 0.1) is 0 Å². The summed E-state index contributed by atoms with van der Waals surface area (Å²) in [6.07, 6.45) is 0. The summed E-state index contributed by atoms with van der Waals surface area (Å²) in [5.41, 5.74) is 0. The number of benzene rings is 1. The molecule has 0 bridgehead atoms.